The zero-order chi connectivity index (χ0) is 10.5. The largest absolute Gasteiger partial charge is 0.378 e. The number of ether oxygens (including phenoxy) is 2. The smallest absolute Gasteiger partial charge is 0.317 e. The first-order chi connectivity index (χ1) is 7.36. The molecule has 0 bridgehead atoms. The zero-order valence-electron chi connectivity index (χ0n) is 8.91. The number of rotatable bonds is 2. The number of urea groups is 1. The van der Waals surface area contributed by atoms with Crippen molar-refractivity contribution in [3.63, 3.8) is 0 Å². The molecule has 1 atom stereocenters. The molecule has 0 aromatic heterocycles. The quantitative estimate of drug-likeness (QED) is 0.714. The summed E-state index contributed by atoms with van der Waals surface area (Å²) in [6.45, 7) is 4.14. The molecule has 2 heterocycles. The minimum atomic E-state index is 0.00815. The van der Waals surface area contributed by atoms with E-state index in [-0.39, 0.29) is 12.1 Å². The Morgan fingerprint density at radius 2 is 2.13 bits per heavy atom. The Morgan fingerprint density at radius 3 is 2.80 bits per heavy atom. The van der Waals surface area contributed by atoms with Crippen molar-refractivity contribution in [2.24, 2.45) is 0 Å². The maximum absolute atomic E-state index is 11.7. The molecule has 1 N–H and O–H groups in total. The second kappa shape index (κ2) is 5.32. The highest BCUT2D eigenvalue weighted by atomic mass is 16.5. The summed E-state index contributed by atoms with van der Waals surface area (Å²) in [7, 11) is 0. The number of hydrogen-bond donors (Lipinski definition) is 1. The maximum Gasteiger partial charge on any atom is 0.317 e. The third-order valence-corrected chi connectivity index (χ3v) is 2.80. The Bertz CT molecular complexity index is 211. The highest BCUT2D eigenvalue weighted by molar-refractivity contribution is 5.74. The van der Waals surface area contributed by atoms with Gasteiger partial charge in [0.1, 0.15) is 0 Å². The van der Waals surface area contributed by atoms with Gasteiger partial charge in [-0.1, -0.05) is 0 Å². The van der Waals surface area contributed by atoms with Crippen LogP contribution in [0.5, 0.6) is 0 Å². The van der Waals surface area contributed by atoms with Gasteiger partial charge >= 0.3 is 6.03 Å². The van der Waals surface area contributed by atoms with Gasteiger partial charge in [0.15, 0.2) is 0 Å². The molecule has 0 spiro atoms. The average molecular weight is 214 g/mol. The topological polar surface area (TPSA) is 50.8 Å². The van der Waals surface area contributed by atoms with Gasteiger partial charge in [0.05, 0.1) is 19.3 Å². The van der Waals surface area contributed by atoms with E-state index in [1.54, 1.807) is 4.90 Å². The number of hydrogen-bond acceptors (Lipinski definition) is 3. The van der Waals surface area contributed by atoms with Gasteiger partial charge in [-0.3, -0.25) is 0 Å². The summed E-state index contributed by atoms with van der Waals surface area (Å²) in [6, 6.07) is 0.00815. The third-order valence-electron chi connectivity index (χ3n) is 2.80. The Labute approximate surface area is 89.7 Å². The molecule has 5 nitrogen and oxygen atoms in total. The van der Waals surface area contributed by atoms with E-state index in [0.717, 1.165) is 19.4 Å². The molecular formula is C10H18N2O3. The molecule has 2 fully saturated rings. The molecule has 2 aliphatic rings. The fraction of sp³-hybridized carbons (Fsp3) is 0.900. The second-order valence-corrected chi connectivity index (χ2v) is 3.92. The average Bonchev–Trinajstić information content (AvgIpc) is 2.80. The van der Waals surface area contributed by atoms with Crippen LogP contribution in [0.15, 0.2) is 0 Å². The fourth-order valence-corrected chi connectivity index (χ4v) is 1.88. The van der Waals surface area contributed by atoms with Crippen LogP contribution in [0.3, 0.4) is 0 Å². The molecule has 2 rings (SSSR count). The lowest BCUT2D eigenvalue weighted by Gasteiger charge is -2.27. The highest BCUT2D eigenvalue weighted by Gasteiger charge is 2.19. The summed E-state index contributed by atoms with van der Waals surface area (Å²) in [5, 5.41) is 2.90. The lowest BCUT2D eigenvalue weighted by atomic mass is 10.2. The molecule has 0 unspecified atom stereocenters. The van der Waals surface area contributed by atoms with Gasteiger partial charge < -0.3 is 19.7 Å². The summed E-state index contributed by atoms with van der Waals surface area (Å²) in [5.74, 6) is 0. The normalized spacial score (nSPS) is 26.7. The summed E-state index contributed by atoms with van der Waals surface area (Å²) >= 11 is 0. The lowest BCUT2D eigenvalue weighted by molar-refractivity contribution is 0.0513. The number of carbonyl (C=O) groups excluding carboxylic acids is 1. The van der Waals surface area contributed by atoms with Crippen LogP contribution in [0.25, 0.3) is 0 Å². The van der Waals surface area contributed by atoms with Gasteiger partial charge in [-0.05, 0) is 12.8 Å². The van der Waals surface area contributed by atoms with Crippen molar-refractivity contribution in [1.29, 1.82) is 0 Å². The van der Waals surface area contributed by atoms with Crippen molar-refractivity contribution in [1.82, 2.24) is 10.2 Å². The van der Waals surface area contributed by atoms with E-state index in [9.17, 15) is 4.79 Å². The van der Waals surface area contributed by atoms with Crippen LogP contribution in [0.4, 0.5) is 4.79 Å². The van der Waals surface area contributed by atoms with Gasteiger partial charge in [0.2, 0.25) is 0 Å². The van der Waals surface area contributed by atoms with Gasteiger partial charge in [0, 0.05) is 26.2 Å². The fourth-order valence-electron chi connectivity index (χ4n) is 1.88. The van der Waals surface area contributed by atoms with Crippen molar-refractivity contribution in [3.8, 4) is 0 Å². The molecule has 0 aromatic carbocycles. The first kappa shape index (κ1) is 10.7. The van der Waals surface area contributed by atoms with Crippen molar-refractivity contribution in [2.45, 2.75) is 18.9 Å². The van der Waals surface area contributed by atoms with E-state index in [1.807, 2.05) is 0 Å². The Kier molecular flexibility index (Phi) is 3.80. The zero-order valence-corrected chi connectivity index (χ0v) is 8.91. The SMILES string of the molecule is O=C(NC[C@@H]1CCCO1)N1CCOCC1. The standard InChI is InChI=1S/C10H18N2O3/c13-10(12-3-6-14-7-4-12)11-8-9-2-1-5-15-9/h9H,1-8H2,(H,11,13)/t9-/m0/s1. The Balaban J connectivity index is 1.66. The molecule has 0 radical (unpaired) electrons. The predicted octanol–water partition coefficient (Wildman–Crippen LogP) is 0.207. The molecule has 0 saturated carbocycles. The number of amides is 2. The Morgan fingerprint density at radius 1 is 1.33 bits per heavy atom. The van der Waals surface area contributed by atoms with Crippen LogP contribution >= 0.6 is 0 Å². The molecule has 2 saturated heterocycles. The molecule has 2 amide bonds. The van der Waals surface area contributed by atoms with E-state index in [2.05, 4.69) is 5.32 Å². The van der Waals surface area contributed by atoms with Gasteiger partial charge in [-0.15, -0.1) is 0 Å². The maximum atomic E-state index is 11.7. The first-order valence-corrected chi connectivity index (χ1v) is 5.58. The predicted molar refractivity (Wildman–Crippen MR) is 54.8 cm³/mol. The lowest BCUT2D eigenvalue weighted by Crippen LogP contribution is -2.47. The summed E-state index contributed by atoms with van der Waals surface area (Å²) in [5.41, 5.74) is 0. The Hall–Kier alpha value is -0.810. The van der Waals surface area contributed by atoms with E-state index >= 15 is 0 Å². The third kappa shape index (κ3) is 3.07. The van der Waals surface area contributed by atoms with E-state index in [1.165, 1.54) is 0 Å². The van der Waals surface area contributed by atoms with Crippen LogP contribution in [0, 0.1) is 0 Å². The van der Waals surface area contributed by atoms with Gasteiger partial charge in [0.25, 0.3) is 0 Å². The number of nitrogens with zero attached hydrogens (tertiary/aromatic N) is 1. The first-order valence-electron chi connectivity index (χ1n) is 5.58. The molecule has 5 heteroatoms. The minimum Gasteiger partial charge on any atom is -0.378 e. The van der Waals surface area contributed by atoms with Crippen LogP contribution in [0.2, 0.25) is 0 Å². The van der Waals surface area contributed by atoms with E-state index < -0.39 is 0 Å². The molecule has 86 valence electrons. The molecule has 2 aliphatic heterocycles. The summed E-state index contributed by atoms with van der Waals surface area (Å²) in [6.07, 6.45) is 2.39. The van der Waals surface area contributed by atoms with Crippen molar-refractivity contribution < 1.29 is 14.3 Å². The van der Waals surface area contributed by atoms with Crippen molar-refractivity contribution in [2.75, 3.05) is 39.5 Å². The van der Waals surface area contributed by atoms with Crippen LogP contribution in [-0.4, -0.2) is 56.5 Å². The molecule has 0 aromatic rings. The van der Waals surface area contributed by atoms with Crippen LogP contribution in [-0.2, 0) is 9.47 Å². The van der Waals surface area contributed by atoms with Crippen LogP contribution < -0.4 is 5.32 Å². The van der Waals surface area contributed by atoms with Gasteiger partial charge in [-0.25, -0.2) is 4.79 Å². The van der Waals surface area contributed by atoms with Crippen LogP contribution in [0.1, 0.15) is 12.8 Å². The highest BCUT2D eigenvalue weighted by Crippen LogP contribution is 2.10. The van der Waals surface area contributed by atoms with E-state index in [0.29, 0.717) is 32.8 Å². The number of carbonyl (C=O) groups is 1. The number of morpholine rings is 1. The summed E-state index contributed by atoms with van der Waals surface area (Å²) in [4.78, 5) is 13.4. The molecule has 15 heavy (non-hydrogen) atoms. The van der Waals surface area contributed by atoms with Crippen molar-refractivity contribution in [3.05, 3.63) is 0 Å². The van der Waals surface area contributed by atoms with Gasteiger partial charge in [-0.2, -0.15) is 0 Å². The summed E-state index contributed by atoms with van der Waals surface area (Å²) < 4.78 is 10.6. The number of nitrogens with one attached hydrogen (secondary N) is 1. The monoisotopic (exact) mass is 214 g/mol. The van der Waals surface area contributed by atoms with Crippen molar-refractivity contribution >= 4 is 6.03 Å². The molecular weight excluding hydrogens is 196 g/mol. The second-order valence-electron chi connectivity index (χ2n) is 3.92. The van der Waals surface area contributed by atoms with E-state index in [4.69, 9.17) is 9.47 Å². The minimum absolute atomic E-state index is 0.00815. The molecule has 0 aliphatic carbocycles.